The average Bonchev–Trinajstić information content (AvgIpc) is 2.95. The zero-order chi connectivity index (χ0) is 28.3. The van der Waals surface area contributed by atoms with Crippen LogP contribution in [0.2, 0.25) is 5.02 Å². The lowest BCUT2D eigenvalue weighted by Gasteiger charge is -2.34. The van der Waals surface area contributed by atoms with Crippen molar-refractivity contribution in [1.82, 2.24) is 19.8 Å². The summed E-state index contributed by atoms with van der Waals surface area (Å²) < 4.78 is 36.9. The molecule has 11 nitrogen and oxygen atoms in total. The Hall–Kier alpha value is -3.45. The maximum Gasteiger partial charge on any atom is 0.268 e. The first-order chi connectivity index (χ1) is 19.2. The lowest BCUT2D eigenvalue weighted by Crippen LogP contribution is -2.45. The van der Waals surface area contributed by atoms with E-state index in [9.17, 15) is 13.2 Å². The van der Waals surface area contributed by atoms with Crippen LogP contribution in [0.4, 0.5) is 11.5 Å². The molecule has 0 saturated carbocycles. The Balaban J connectivity index is 1.33. The predicted octanol–water partition coefficient (Wildman–Crippen LogP) is 3.52. The molecule has 0 radical (unpaired) electrons. The van der Waals surface area contributed by atoms with Crippen LogP contribution in [0.15, 0.2) is 47.6 Å². The maximum absolute atomic E-state index is 13.2. The van der Waals surface area contributed by atoms with Gasteiger partial charge in [0.05, 0.1) is 16.5 Å². The van der Waals surface area contributed by atoms with Gasteiger partial charge in [-0.05, 0) is 42.4 Å². The van der Waals surface area contributed by atoms with Gasteiger partial charge in [0, 0.05) is 50.2 Å². The molecule has 0 aliphatic carbocycles. The molecule has 3 heterocycles. The Bertz CT molecular complexity index is 1510. The number of aromatic nitrogens is 2. The highest BCUT2D eigenvalue weighted by molar-refractivity contribution is 7.90. The first-order valence-electron chi connectivity index (χ1n) is 13.0. The smallest absolute Gasteiger partial charge is 0.268 e. The Morgan fingerprint density at radius 2 is 1.90 bits per heavy atom. The molecule has 2 aromatic carbocycles. The van der Waals surface area contributed by atoms with Gasteiger partial charge in [-0.25, -0.2) is 13.4 Å². The van der Waals surface area contributed by atoms with Gasteiger partial charge in [-0.2, -0.15) is 4.98 Å². The SMILES string of the molecule is CCN1CCN(Cc2ccc(NC(=O)c3ccc(Cl)c(Oc4ncnc5c4OCCN5)c3)cc2S(C)(=O)=O)CC1. The number of sulfone groups is 1. The summed E-state index contributed by atoms with van der Waals surface area (Å²) in [4.78, 5) is 26.2. The number of nitrogens with one attached hydrogen (secondary N) is 2. The molecule has 13 heteroatoms. The minimum Gasteiger partial charge on any atom is -0.483 e. The number of fused-ring (bicyclic) bond motifs is 1. The van der Waals surface area contributed by atoms with E-state index in [1.165, 1.54) is 24.7 Å². The normalized spacial score (nSPS) is 16.0. The molecule has 212 valence electrons. The second-order valence-electron chi connectivity index (χ2n) is 9.64. The third-order valence-electron chi connectivity index (χ3n) is 6.84. The zero-order valence-corrected chi connectivity index (χ0v) is 23.9. The standard InChI is InChI=1S/C27H31ClN6O5S/c1-3-33-9-11-34(12-10-33)16-19-4-6-20(15-23(19)40(2,36)37)32-26(35)18-5-7-21(28)22(14-18)39-27-24-25(30-17-31-27)29-8-13-38-24/h4-7,14-15,17H,3,8-13,16H2,1-2H3,(H,32,35)(H,29,30,31). The van der Waals surface area contributed by atoms with Crippen molar-refractivity contribution in [2.45, 2.75) is 18.4 Å². The van der Waals surface area contributed by atoms with Crippen molar-refractivity contribution in [2.75, 3.05) is 62.8 Å². The van der Waals surface area contributed by atoms with Gasteiger partial charge in [-0.15, -0.1) is 0 Å². The Kier molecular flexibility index (Phi) is 8.40. The molecule has 0 atom stereocenters. The number of benzene rings is 2. The van der Waals surface area contributed by atoms with Crippen LogP contribution >= 0.6 is 11.6 Å². The van der Waals surface area contributed by atoms with Crippen LogP contribution < -0.4 is 20.1 Å². The summed E-state index contributed by atoms with van der Waals surface area (Å²) in [7, 11) is -3.53. The third-order valence-corrected chi connectivity index (χ3v) is 8.33. The highest BCUT2D eigenvalue weighted by atomic mass is 35.5. The summed E-state index contributed by atoms with van der Waals surface area (Å²) in [6, 6.07) is 9.58. The van der Waals surface area contributed by atoms with E-state index in [1.54, 1.807) is 24.3 Å². The lowest BCUT2D eigenvalue weighted by molar-refractivity contribution is 0.102. The van der Waals surface area contributed by atoms with Gasteiger partial charge in [0.25, 0.3) is 11.8 Å². The molecular formula is C27H31ClN6O5S. The van der Waals surface area contributed by atoms with Crippen molar-refractivity contribution < 1.29 is 22.7 Å². The fourth-order valence-corrected chi connectivity index (χ4v) is 5.76. The summed E-state index contributed by atoms with van der Waals surface area (Å²) in [5.41, 5.74) is 1.34. The number of likely N-dealkylation sites (N-methyl/N-ethyl adjacent to an activating group) is 1. The van der Waals surface area contributed by atoms with E-state index in [0.29, 0.717) is 42.5 Å². The predicted molar refractivity (Wildman–Crippen MR) is 152 cm³/mol. The molecule has 3 aromatic rings. The third kappa shape index (κ3) is 6.47. The Morgan fingerprint density at radius 3 is 2.65 bits per heavy atom. The topological polar surface area (TPSA) is 126 Å². The number of halogens is 1. The molecule has 2 N–H and O–H groups in total. The molecule has 40 heavy (non-hydrogen) atoms. The summed E-state index contributed by atoms with van der Waals surface area (Å²) in [5.74, 6) is 0.794. The van der Waals surface area contributed by atoms with Crippen LogP contribution in [0.1, 0.15) is 22.8 Å². The number of hydrogen-bond donors (Lipinski definition) is 2. The molecule has 1 fully saturated rings. The number of hydrogen-bond acceptors (Lipinski definition) is 10. The van der Waals surface area contributed by atoms with Crippen LogP contribution in [0.5, 0.6) is 17.4 Å². The Morgan fingerprint density at radius 1 is 1.12 bits per heavy atom. The average molecular weight is 587 g/mol. The van der Waals surface area contributed by atoms with Crippen molar-refractivity contribution >= 4 is 38.9 Å². The first kappa shape index (κ1) is 28.1. The quantitative estimate of drug-likeness (QED) is 0.405. The van der Waals surface area contributed by atoms with Crippen LogP contribution in [0.3, 0.4) is 0 Å². The van der Waals surface area contributed by atoms with Crippen molar-refractivity contribution in [3.63, 3.8) is 0 Å². The van der Waals surface area contributed by atoms with E-state index in [0.717, 1.165) is 32.7 Å². The molecule has 0 unspecified atom stereocenters. The van der Waals surface area contributed by atoms with Gasteiger partial charge >= 0.3 is 0 Å². The fourth-order valence-electron chi connectivity index (χ4n) is 4.65. The lowest BCUT2D eigenvalue weighted by atomic mass is 10.1. The van der Waals surface area contributed by atoms with Crippen LogP contribution in [-0.4, -0.2) is 86.2 Å². The van der Waals surface area contributed by atoms with Crippen molar-refractivity contribution in [3.05, 3.63) is 58.9 Å². The molecule has 2 aliphatic heterocycles. The first-order valence-corrected chi connectivity index (χ1v) is 15.3. The van der Waals surface area contributed by atoms with E-state index in [4.69, 9.17) is 21.1 Å². The number of carbonyl (C=O) groups excluding carboxylic acids is 1. The van der Waals surface area contributed by atoms with Gasteiger partial charge in [-0.1, -0.05) is 24.6 Å². The molecular weight excluding hydrogens is 556 g/mol. The number of piperazine rings is 1. The van der Waals surface area contributed by atoms with E-state index in [1.807, 2.05) is 0 Å². The minimum absolute atomic E-state index is 0.168. The number of ether oxygens (including phenoxy) is 2. The largest absolute Gasteiger partial charge is 0.483 e. The van der Waals surface area contributed by atoms with Gasteiger partial charge in [-0.3, -0.25) is 9.69 Å². The summed E-state index contributed by atoms with van der Waals surface area (Å²) in [6.07, 6.45) is 2.52. The number of amides is 1. The molecule has 1 aromatic heterocycles. The number of anilines is 2. The summed E-state index contributed by atoms with van der Waals surface area (Å²) in [6.45, 7) is 8.36. The molecule has 0 bridgehead atoms. The van der Waals surface area contributed by atoms with Crippen LogP contribution in [0, 0.1) is 0 Å². The van der Waals surface area contributed by atoms with Crippen molar-refractivity contribution in [3.8, 4) is 17.4 Å². The van der Waals surface area contributed by atoms with Crippen LogP contribution in [0.25, 0.3) is 0 Å². The van der Waals surface area contributed by atoms with E-state index < -0.39 is 15.7 Å². The number of nitrogens with zero attached hydrogens (tertiary/aromatic N) is 4. The number of rotatable bonds is 8. The van der Waals surface area contributed by atoms with Crippen molar-refractivity contribution in [1.29, 1.82) is 0 Å². The molecule has 1 saturated heterocycles. The van der Waals surface area contributed by atoms with Gasteiger partial charge < -0.3 is 25.0 Å². The summed E-state index contributed by atoms with van der Waals surface area (Å²) >= 11 is 6.35. The fraction of sp³-hybridized carbons (Fsp3) is 0.370. The van der Waals surface area contributed by atoms with E-state index >= 15 is 0 Å². The molecule has 5 rings (SSSR count). The maximum atomic E-state index is 13.2. The summed E-state index contributed by atoms with van der Waals surface area (Å²) in [5, 5.41) is 6.17. The highest BCUT2D eigenvalue weighted by Crippen LogP contribution is 2.38. The van der Waals surface area contributed by atoms with Gasteiger partial charge in [0.1, 0.15) is 18.7 Å². The van der Waals surface area contributed by atoms with E-state index in [-0.39, 0.29) is 27.1 Å². The highest BCUT2D eigenvalue weighted by Gasteiger charge is 2.22. The number of carbonyl (C=O) groups is 1. The van der Waals surface area contributed by atoms with Crippen LogP contribution in [-0.2, 0) is 16.4 Å². The molecule has 1 amide bonds. The van der Waals surface area contributed by atoms with Crippen molar-refractivity contribution in [2.24, 2.45) is 0 Å². The second-order valence-corrected chi connectivity index (χ2v) is 12.0. The van der Waals surface area contributed by atoms with E-state index in [2.05, 4.69) is 37.3 Å². The minimum atomic E-state index is -3.53. The second kappa shape index (κ2) is 12.0. The van der Waals surface area contributed by atoms with Gasteiger partial charge in [0.15, 0.2) is 15.7 Å². The van der Waals surface area contributed by atoms with Gasteiger partial charge in [0.2, 0.25) is 5.75 Å². The molecule has 0 spiro atoms. The monoisotopic (exact) mass is 586 g/mol. The zero-order valence-electron chi connectivity index (χ0n) is 22.3. The molecule has 2 aliphatic rings. The Labute approximate surface area is 238 Å².